The van der Waals surface area contributed by atoms with Crippen molar-refractivity contribution in [2.75, 3.05) is 0 Å². The second kappa shape index (κ2) is 6.86. The first-order valence-electron chi connectivity index (χ1n) is 8.09. The monoisotopic (exact) mass is 455 g/mol. The minimum absolute atomic E-state index is 0.118. The van der Waals surface area contributed by atoms with Crippen LogP contribution in [0.1, 0.15) is 5.56 Å². The maximum Gasteiger partial charge on any atom is 0.269 e. The summed E-state index contributed by atoms with van der Waals surface area (Å²) in [5.41, 5.74) is 1.17. The Morgan fingerprint density at radius 3 is 2.57 bits per heavy atom. The molecule has 0 fully saturated rings. The molecule has 4 aromatic rings. The van der Waals surface area contributed by atoms with E-state index in [0.29, 0.717) is 21.0 Å². The molecule has 28 heavy (non-hydrogen) atoms. The summed E-state index contributed by atoms with van der Waals surface area (Å²) in [7, 11) is -3.89. The third kappa shape index (κ3) is 2.99. The van der Waals surface area contributed by atoms with Crippen molar-refractivity contribution in [2.24, 2.45) is 0 Å². The number of halogens is 2. The second-order valence-electron chi connectivity index (χ2n) is 5.99. The van der Waals surface area contributed by atoms with Crippen LogP contribution in [0, 0.1) is 17.1 Å². The van der Waals surface area contributed by atoms with Crippen molar-refractivity contribution < 1.29 is 12.8 Å². The van der Waals surface area contributed by atoms with Gasteiger partial charge in [-0.15, -0.1) is 0 Å². The van der Waals surface area contributed by atoms with E-state index in [4.69, 9.17) is 5.26 Å². The van der Waals surface area contributed by atoms with Crippen molar-refractivity contribution >= 4 is 37.0 Å². The molecule has 0 spiro atoms. The molecule has 5 nitrogen and oxygen atoms in total. The van der Waals surface area contributed by atoms with E-state index in [-0.39, 0.29) is 16.1 Å². The van der Waals surface area contributed by atoms with Crippen LogP contribution in [-0.4, -0.2) is 17.4 Å². The molecule has 0 aliphatic rings. The summed E-state index contributed by atoms with van der Waals surface area (Å²) in [5.74, 6) is -0.633. The van der Waals surface area contributed by atoms with Crippen LogP contribution in [0.15, 0.2) is 76.4 Å². The third-order valence-corrected chi connectivity index (χ3v) is 6.37. The number of fused-ring (bicyclic) bond motifs is 1. The van der Waals surface area contributed by atoms with Crippen molar-refractivity contribution in [3.8, 4) is 17.2 Å². The Morgan fingerprint density at radius 1 is 1.11 bits per heavy atom. The molecule has 0 bridgehead atoms. The van der Waals surface area contributed by atoms with E-state index in [9.17, 15) is 12.8 Å². The lowest BCUT2D eigenvalue weighted by Gasteiger charge is -2.06. The first kappa shape index (κ1) is 18.3. The lowest BCUT2D eigenvalue weighted by molar-refractivity contribution is 0.588. The van der Waals surface area contributed by atoms with Crippen LogP contribution in [0.5, 0.6) is 0 Å². The number of benzene rings is 2. The summed E-state index contributed by atoms with van der Waals surface area (Å²) in [6.45, 7) is 0. The van der Waals surface area contributed by atoms with Gasteiger partial charge in [-0.1, -0.05) is 24.3 Å². The van der Waals surface area contributed by atoms with Gasteiger partial charge in [0, 0.05) is 27.8 Å². The van der Waals surface area contributed by atoms with Crippen molar-refractivity contribution in [2.45, 2.75) is 4.90 Å². The molecule has 8 heteroatoms. The Balaban J connectivity index is 2.03. The van der Waals surface area contributed by atoms with Crippen LogP contribution >= 0.6 is 15.9 Å². The minimum Gasteiger partial charge on any atom is -0.236 e. The molecule has 0 N–H and O–H groups in total. The molecule has 0 unspecified atom stereocenters. The van der Waals surface area contributed by atoms with Crippen molar-refractivity contribution in [1.82, 2.24) is 8.96 Å². The Labute approximate surface area is 168 Å². The fourth-order valence-electron chi connectivity index (χ4n) is 2.95. The van der Waals surface area contributed by atoms with Gasteiger partial charge in [-0.25, -0.2) is 21.8 Å². The number of nitriles is 1. The Bertz CT molecular complexity index is 1360. The van der Waals surface area contributed by atoms with Gasteiger partial charge in [0.25, 0.3) is 10.0 Å². The number of nitrogens with zero attached hydrogens (tertiary/aromatic N) is 3. The quantitative estimate of drug-likeness (QED) is 0.448. The topological polar surface area (TPSA) is 75.8 Å². The fraction of sp³-hybridized carbons (Fsp3) is 0. The fourth-order valence-corrected chi connectivity index (χ4v) is 4.63. The van der Waals surface area contributed by atoms with E-state index in [1.54, 1.807) is 30.3 Å². The molecule has 0 saturated carbocycles. The zero-order valence-electron chi connectivity index (χ0n) is 14.2. The Morgan fingerprint density at radius 2 is 1.86 bits per heavy atom. The van der Waals surface area contributed by atoms with E-state index < -0.39 is 15.8 Å². The maximum atomic E-state index is 13.7. The number of hydrogen-bond acceptors (Lipinski definition) is 4. The normalized spacial score (nSPS) is 11.5. The lowest BCUT2D eigenvalue weighted by Crippen LogP contribution is -2.12. The van der Waals surface area contributed by atoms with Crippen LogP contribution in [0.2, 0.25) is 0 Å². The molecule has 4 rings (SSSR count). The number of aromatic nitrogens is 2. The zero-order valence-corrected chi connectivity index (χ0v) is 16.6. The molecule has 0 atom stereocenters. The average molecular weight is 456 g/mol. The standard InChI is InChI=1S/C20H11BrFN3O2S/c21-15-9-17-18(13-6-7-19(22)14(8-13)10-23)12-25(20(17)24-11-15)28(26,27)16-4-2-1-3-5-16/h1-9,11-12H. The van der Waals surface area contributed by atoms with Crippen LogP contribution in [-0.2, 0) is 10.0 Å². The van der Waals surface area contributed by atoms with E-state index in [0.717, 1.165) is 3.97 Å². The van der Waals surface area contributed by atoms with Gasteiger partial charge in [-0.3, -0.25) is 0 Å². The molecule has 0 aliphatic heterocycles. The summed E-state index contributed by atoms with van der Waals surface area (Å²) in [6, 6.07) is 15.7. The Hall–Kier alpha value is -3.02. The first-order valence-corrected chi connectivity index (χ1v) is 10.3. The van der Waals surface area contributed by atoms with E-state index in [1.807, 2.05) is 0 Å². The zero-order chi connectivity index (χ0) is 19.9. The van der Waals surface area contributed by atoms with E-state index in [1.165, 1.54) is 42.7 Å². The average Bonchev–Trinajstić information content (AvgIpc) is 3.08. The predicted molar refractivity (Wildman–Crippen MR) is 107 cm³/mol. The molecule has 0 radical (unpaired) electrons. The van der Waals surface area contributed by atoms with Crippen LogP contribution < -0.4 is 0 Å². The van der Waals surface area contributed by atoms with Gasteiger partial charge in [0.1, 0.15) is 11.9 Å². The highest BCUT2D eigenvalue weighted by Crippen LogP contribution is 2.34. The molecule has 2 aromatic heterocycles. The lowest BCUT2D eigenvalue weighted by atomic mass is 10.0. The molecule has 2 aromatic carbocycles. The van der Waals surface area contributed by atoms with Gasteiger partial charge >= 0.3 is 0 Å². The molecule has 0 amide bonds. The van der Waals surface area contributed by atoms with Crippen molar-refractivity contribution in [3.05, 3.63) is 82.8 Å². The summed E-state index contributed by atoms with van der Waals surface area (Å²) in [5, 5.41) is 9.68. The second-order valence-corrected chi connectivity index (χ2v) is 8.72. The molecule has 0 aliphatic carbocycles. The van der Waals surface area contributed by atoms with Gasteiger partial charge in [-0.05, 0) is 51.8 Å². The van der Waals surface area contributed by atoms with Crippen LogP contribution in [0.4, 0.5) is 4.39 Å². The summed E-state index contributed by atoms with van der Waals surface area (Å²) in [6.07, 6.45) is 2.95. The highest BCUT2D eigenvalue weighted by atomic mass is 79.9. The van der Waals surface area contributed by atoms with Crippen LogP contribution in [0.3, 0.4) is 0 Å². The van der Waals surface area contributed by atoms with Gasteiger partial charge in [0.05, 0.1) is 10.5 Å². The predicted octanol–water partition coefficient (Wildman–Crippen LogP) is 4.71. The van der Waals surface area contributed by atoms with Crippen molar-refractivity contribution in [1.29, 1.82) is 5.26 Å². The van der Waals surface area contributed by atoms with Gasteiger partial charge in [0.15, 0.2) is 5.65 Å². The molecular weight excluding hydrogens is 445 g/mol. The maximum absolute atomic E-state index is 13.7. The number of hydrogen-bond donors (Lipinski definition) is 0. The van der Waals surface area contributed by atoms with Crippen molar-refractivity contribution in [3.63, 3.8) is 0 Å². The highest BCUT2D eigenvalue weighted by Gasteiger charge is 2.23. The van der Waals surface area contributed by atoms with E-state index in [2.05, 4.69) is 20.9 Å². The van der Waals surface area contributed by atoms with E-state index >= 15 is 0 Å². The van der Waals surface area contributed by atoms with Gasteiger partial charge in [-0.2, -0.15) is 5.26 Å². The first-order chi connectivity index (χ1) is 13.4. The smallest absolute Gasteiger partial charge is 0.236 e. The van der Waals surface area contributed by atoms with Crippen LogP contribution in [0.25, 0.3) is 22.2 Å². The summed E-state index contributed by atoms with van der Waals surface area (Å²) >= 11 is 3.35. The van der Waals surface area contributed by atoms with Gasteiger partial charge in [0.2, 0.25) is 0 Å². The summed E-state index contributed by atoms with van der Waals surface area (Å²) < 4.78 is 41.8. The number of rotatable bonds is 3. The minimum atomic E-state index is -3.89. The largest absolute Gasteiger partial charge is 0.269 e. The SMILES string of the molecule is N#Cc1cc(-c2cn(S(=O)(=O)c3ccccc3)c3ncc(Br)cc23)ccc1F. The molecule has 2 heterocycles. The summed E-state index contributed by atoms with van der Waals surface area (Å²) in [4.78, 5) is 4.40. The van der Waals surface area contributed by atoms with Gasteiger partial charge < -0.3 is 0 Å². The third-order valence-electron chi connectivity index (χ3n) is 4.28. The molecule has 0 saturated heterocycles. The molecule has 138 valence electrons. The number of pyridine rings is 1. The highest BCUT2D eigenvalue weighted by molar-refractivity contribution is 9.10. The molecular formula is C20H11BrFN3O2S. The Kier molecular flexibility index (Phi) is 4.49.